The maximum Gasteiger partial charge on any atom is 0.257 e. The number of nitrogen functional groups attached to an aromatic ring is 1. The number of nitrogens with one attached hydrogen (secondary N) is 1. The summed E-state index contributed by atoms with van der Waals surface area (Å²) in [5, 5.41) is 2.99. The molecule has 0 saturated heterocycles. The Balaban J connectivity index is 1.59. The largest absolute Gasteiger partial charge is 0.384 e. The summed E-state index contributed by atoms with van der Waals surface area (Å²) in [7, 11) is 0. The smallest absolute Gasteiger partial charge is 0.257 e. The molecule has 5 rings (SSSR count). The van der Waals surface area contributed by atoms with Crippen LogP contribution in [-0.2, 0) is 6.42 Å². The molecule has 0 spiro atoms. The van der Waals surface area contributed by atoms with Crippen LogP contribution in [0.5, 0.6) is 0 Å². The molecule has 0 aliphatic carbocycles. The van der Waals surface area contributed by atoms with Gasteiger partial charge < -0.3 is 11.1 Å². The minimum absolute atomic E-state index is 0.260. The molecule has 0 aliphatic rings. The van der Waals surface area contributed by atoms with Gasteiger partial charge in [-0.2, -0.15) is 0 Å². The molecule has 0 bridgehead atoms. The van der Waals surface area contributed by atoms with Crippen LogP contribution in [-0.4, -0.2) is 27.0 Å². The maximum absolute atomic E-state index is 13.2. The molecule has 5 aromatic rings. The molecule has 0 fully saturated rings. The molecule has 6 nitrogen and oxygen atoms in total. The van der Waals surface area contributed by atoms with E-state index in [0.717, 1.165) is 27.7 Å². The summed E-state index contributed by atoms with van der Waals surface area (Å²) in [4.78, 5) is 22.8. The number of nitrogens with two attached hydrogens (primary N) is 1. The predicted molar refractivity (Wildman–Crippen MR) is 131 cm³/mol. The number of aromatic nitrogens is 3. The van der Waals surface area contributed by atoms with E-state index in [-0.39, 0.29) is 5.91 Å². The van der Waals surface area contributed by atoms with Gasteiger partial charge in [-0.05, 0) is 48.4 Å². The predicted octanol–water partition coefficient (Wildman–Crippen LogP) is 4.89. The van der Waals surface area contributed by atoms with E-state index in [0.29, 0.717) is 34.6 Å². The summed E-state index contributed by atoms with van der Waals surface area (Å²) >= 11 is 3.46. The zero-order chi connectivity index (χ0) is 22.1. The van der Waals surface area contributed by atoms with Crippen LogP contribution < -0.4 is 11.1 Å². The molecule has 1 amide bonds. The van der Waals surface area contributed by atoms with Gasteiger partial charge in [-0.15, -0.1) is 0 Å². The van der Waals surface area contributed by atoms with Gasteiger partial charge in [0.15, 0.2) is 5.65 Å². The van der Waals surface area contributed by atoms with E-state index in [1.807, 2.05) is 78.9 Å². The van der Waals surface area contributed by atoms with Crippen molar-refractivity contribution in [2.75, 3.05) is 12.3 Å². The fourth-order valence-electron chi connectivity index (χ4n) is 3.79. The topological polar surface area (TPSA) is 85.8 Å². The Hall–Kier alpha value is -3.71. The molecule has 0 aliphatic heterocycles. The Morgan fingerprint density at radius 2 is 1.56 bits per heavy atom. The van der Waals surface area contributed by atoms with Crippen molar-refractivity contribution in [1.29, 1.82) is 0 Å². The molecule has 3 N–H and O–H groups in total. The highest BCUT2D eigenvalue weighted by Crippen LogP contribution is 2.31. The molecule has 7 heteroatoms. The van der Waals surface area contributed by atoms with Gasteiger partial charge in [0.2, 0.25) is 0 Å². The van der Waals surface area contributed by atoms with Crippen LogP contribution in [0, 0.1) is 0 Å². The van der Waals surface area contributed by atoms with E-state index in [2.05, 4.69) is 21.2 Å². The summed E-state index contributed by atoms with van der Waals surface area (Å²) in [6.45, 7) is 0.494. The van der Waals surface area contributed by atoms with Crippen molar-refractivity contribution in [3.8, 4) is 5.69 Å². The van der Waals surface area contributed by atoms with Crippen molar-refractivity contribution < 1.29 is 4.79 Å². The summed E-state index contributed by atoms with van der Waals surface area (Å²) in [5.74, 6) is 0.0544. The first-order valence-corrected chi connectivity index (χ1v) is 11.1. The standard InChI is InChI=1S/C25H20BrN5O/c26-17-10-12-18(13-11-17)31-23(27)21(25(32)28-15-14-16-6-2-1-3-7-16)22-24(31)30-20-9-5-4-8-19(20)29-22/h1-13H,14-15,27H2,(H,28,32). The quantitative estimate of drug-likeness (QED) is 0.371. The molecule has 3 aromatic carbocycles. The van der Waals surface area contributed by atoms with Crippen LogP contribution in [0.1, 0.15) is 15.9 Å². The summed E-state index contributed by atoms with van der Waals surface area (Å²) in [6, 6.07) is 25.3. The lowest BCUT2D eigenvalue weighted by molar-refractivity contribution is 0.0956. The fraction of sp³-hybridized carbons (Fsp3) is 0.0800. The monoisotopic (exact) mass is 485 g/mol. The fourth-order valence-corrected chi connectivity index (χ4v) is 4.05. The second-order valence-corrected chi connectivity index (χ2v) is 8.36. The number of amides is 1. The van der Waals surface area contributed by atoms with Gasteiger partial charge in [-0.1, -0.05) is 58.4 Å². The summed E-state index contributed by atoms with van der Waals surface area (Å²) in [6.07, 6.45) is 0.729. The Kier molecular flexibility index (Phi) is 5.33. The van der Waals surface area contributed by atoms with Crippen LogP contribution in [0.4, 0.5) is 5.82 Å². The number of para-hydroxylation sites is 2. The van der Waals surface area contributed by atoms with E-state index >= 15 is 0 Å². The van der Waals surface area contributed by atoms with E-state index in [4.69, 9.17) is 15.7 Å². The first-order chi connectivity index (χ1) is 15.6. The van der Waals surface area contributed by atoms with Crippen LogP contribution in [0.3, 0.4) is 0 Å². The molecular formula is C25H20BrN5O. The molecule has 2 heterocycles. The number of hydrogen-bond donors (Lipinski definition) is 2. The van der Waals surface area contributed by atoms with Crippen molar-refractivity contribution in [2.24, 2.45) is 0 Å². The maximum atomic E-state index is 13.2. The Bertz CT molecular complexity index is 1430. The number of hydrogen-bond acceptors (Lipinski definition) is 4. The molecule has 2 aromatic heterocycles. The molecular weight excluding hydrogens is 466 g/mol. The number of benzene rings is 3. The molecule has 0 unspecified atom stereocenters. The lowest BCUT2D eigenvalue weighted by Gasteiger charge is -2.08. The normalized spacial score (nSPS) is 11.2. The number of fused-ring (bicyclic) bond motifs is 2. The second-order valence-electron chi connectivity index (χ2n) is 7.45. The minimum Gasteiger partial charge on any atom is -0.384 e. The number of rotatable bonds is 5. The number of carbonyl (C=O) groups is 1. The summed E-state index contributed by atoms with van der Waals surface area (Å²) in [5.41, 5.74) is 11.3. The van der Waals surface area contributed by atoms with Crippen molar-refractivity contribution in [3.05, 3.63) is 94.5 Å². The first kappa shape index (κ1) is 20.2. The van der Waals surface area contributed by atoms with Crippen molar-refractivity contribution in [1.82, 2.24) is 19.9 Å². The Morgan fingerprint density at radius 3 is 2.28 bits per heavy atom. The molecule has 0 radical (unpaired) electrons. The van der Waals surface area contributed by atoms with Gasteiger partial charge in [0.25, 0.3) is 5.91 Å². The van der Waals surface area contributed by atoms with Gasteiger partial charge in [0.05, 0.1) is 11.0 Å². The molecule has 158 valence electrons. The van der Waals surface area contributed by atoms with Crippen LogP contribution in [0.25, 0.3) is 27.9 Å². The third-order valence-electron chi connectivity index (χ3n) is 5.35. The summed E-state index contributed by atoms with van der Waals surface area (Å²) < 4.78 is 2.74. The van der Waals surface area contributed by atoms with Gasteiger partial charge in [0.1, 0.15) is 16.9 Å². The number of nitrogens with zero attached hydrogens (tertiary/aromatic N) is 3. The molecule has 0 saturated carbocycles. The van der Waals surface area contributed by atoms with Gasteiger partial charge in [-0.3, -0.25) is 9.36 Å². The van der Waals surface area contributed by atoms with Crippen LogP contribution >= 0.6 is 15.9 Å². The highest BCUT2D eigenvalue weighted by atomic mass is 79.9. The molecule has 0 atom stereocenters. The van der Waals surface area contributed by atoms with Crippen molar-refractivity contribution >= 4 is 49.9 Å². The zero-order valence-corrected chi connectivity index (χ0v) is 18.7. The number of anilines is 1. The van der Waals surface area contributed by atoms with E-state index < -0.39 is 0 Å². The van der Waals surface area contributed by atoms with E-state index in [9.17, 15) is 4.79 Å². The van der Waals surface area contributed by atoms with Crippen LogP contribution in [0.15, 0.2) is 83.3 Å². The lowest BCUT2D eigenvalue weighted by atomic mass is 10.1. The average molecular weight is 486 g/mol. The number of halogens is 1. The third kappa shape index (κ3) is 3.71. The highest BCUT2D eigenvalue weighted by Gasteiger charge is 2.24. The lowest BCUT2D eigenvalue weighted by Crippen LogP contribution is -2.26. The zero-order valence-electron chi connectivity index (χ0n) is 17.1. The van der Waals surface area contributed by atoms with Crippen molar-refractivity contribution in [2.45, 2.75) is 6.42 Å². The van der Waals surface area contributed by atoms with Crippen LogP contribution in [0.2, 0.25) is 0 Å². The van der Waals surface area contributed by atoms with Gasteiger partial charge >= 0.3 is 0 Å². The second kappa shape index (κ2) is 8.43. The van der Waals surface area contributed by atoms with Crippen molar-refractivity contribution in [3.63, 3.8) is 0 Å². The van der Waals surface area contributed by atoms with E-state index in [1.165, 1.54) is 0 Å². The number of carbonyl (C=O) groups excluding carboxylic acids is 1. The Labute approximate surface area is 193 Å². The third-order valence-corrected chi connectivity index (χ3v) is 5.88. The molecule has 32 heavy (non-hydrogen) atoms. The van der Waals surface area contributed by atoms with Gasteiger partial charge in [0, 0.05) is 16.7 Å². The van der Waals surface area contributed by atoms with Gasteiger partial charge in [-0.25, -0.2) is 9.97 Å². The SMILES string of the molecule is Nc1c(C(=O)NCCc2ccccc2)c2nc3ccccc3nc2n1-c1ccc(Br)cc1. The average Bonchev–Trinajstić information content (AvgIpc) is 3.09. The Morgan fingerprint density at radius 1 is 0.906 bits per heavy atom. The minimum atomic E-state index is -0.260. The highest BCUT2D eigenvalue weighted by molar-refractivity contribution is 9.10. The van der Waals surface area contributed by atoms with E-state index in [1.54, 1.807) is 4.57 Å². The first-order valence-electron chi connectivity index (χ1n) is 10.3.